The zero-order valence-corrected chi connectivity index (χ0v) is 11.7. The topological polar surface area (TPSA) is 84.5 Å². The Balaban J connectivity index is 2.21. The molecule has 1 aliphatic rings. The molecule has 2 rings (SSSR count). The molecule has 1 amide bonds. The van der Waals surface area contributed by atoms with Gasteiger partial charge in [-0.1, -0.05) is 16.5 Å². The number of fused-ring (bicyclic) bond motifs is 1. The molecule has 0 saturated heterocycles. The Morgan fingerprint density at radius 1 is 1.38 bits per heavy atom. The normalized spacial score (nSPS) is 15.0. The van der Waals surface area contributed by atoms with Crippen molar-refractivity contribution in [2.24, 2.45) is 0 Å². The summed E-state index contributed by atoms with van der Waals surface area (Å²) in [7, 11) is -4.40. The van der Waals surface area contributed by atoms with E-state index < -0.39 is 27.7 Å². The molecule has 0 spiro atoms. The van der Waals surface area contributed by atoms with Crippen molar-refractivity contribution in [1.29, 1.82) is 0 Å². The Kier molecular flexibility index (Phi) is 4.15. The molecule has 1 heterocycles. The summed E-state index contributed by atoms with van der Waals surface area (Å²) in [4.78, 5) is 16.0. The van der Waals surface area contributed by atoms with Crippen LogP contribution in [0, 0.1) is 0 Å². The number of nitrogens with one attached hydrogen (secondary N) is 2. The fourth-order valence-electron chi connectivity index (χ4n) is 1.67. The van der Waals surface area contributed by atoms with Crippen LogP contribution in [0.4, 0.5) is 18.9 Å². The summed E-state index contributed by atoms with van der Waals surface area (Å²) in [6, 6.07) is 2.31. The molecule has 0 radical (unpaired) electrons. The maximum atomic E-state index is 11.9. The van der Waals surface area contributed by atoms with Crippen LogP contribution in [0.3, 0.4) is 0 Å². The molecular weight excluding hydrogens is 337 g/mol. The Labute approximate surface area is 122 Å². The number of hydrogen-bond donors (Lipinski definition) is 2. The van der Waals surface area contributed by atoms with Crippen LogP contribution in [0.2, 0.25) is 5.02 Å². The molecule has 0 saturated carbocycles. The first-order valence-corrected chi connectivity index (χ1v) is 7.27. The molecule has 21 heavy (non-hydrogen) atoms. The Morgan fingerprint density at radius 3 is 2.67 bits per heavy atom. The molecule has 11 heteroatoms. The first-order chi connectivity index (χ1) is 9.58. The molecule has 1 aromatic carbocycles. The van der Waals surface area contributed by atoms with Crippen LogP contribution in [-0.2, 0) is 26.1 Å². The maximum absolute atomic E-state index is 11.9. The van der Waals surface area contributed by atoms with E-state index in [2.05, 4.69) is 10.2 Å². The van der Waals surface area contributed by atoms with Gasteiger partial charge in [-0.15, -0.1) is 0 Å². The molecule has 0 fully saturated rings. The van der Waals surface area contributed by atoms with E-state index in [-0.39, 0.29) is 17.4 Å². The molecule has 1 aromatic rings. The van der Waals surface area contributed by atoms with Crippen LogP contribution in [0.5, 0.6) is 0 Å². The zero-order valence-electron chi connectivity index (χ0n) is 10.1. The van der Waals surface area contributed by atoms with Gasteiger partial charge in [0, 0.05) is 5.69 Å². The number of hydrogen-bond acceptors (Lipinski definition) is 4. The summed E-state index contributed by atoms with van der Waals surface area (Å²) >= 11 is 5.76. The van der Waals surface area contributed by atoms with Gasteiger partial charge in [-0.2, -0.15) is 13.2 Å². The summed E-state index contributed by atoms with van der Waals surface area (Å²) in [5.74, 6) is -0.336. The van der Waals surface area contributed by atoms with Gasteiger partial charge >= 0.3 is 6.18 Å². The molecule has 0 bridgehead atoms. The van der Waals surface area contributed by atoms with E-state index in [1.54, 1.807) is 0 Å². The SMILES string of the molecule is O=C1Cc2cc(S(=O)(=O)NOCC(F)(F)F)c(Cl)cc2N1. The molecule has 0 aromatic heterocycles. The highest BCUT2D eigenvalue weighted by Crippen LogP contribution is 2.32. The summed E-state index contributed by atoms with van der Waals surface area (Å²) in [6.45, 7) is -1.78. The van der Waals surface area contributed by atoms with Crippen molar-refractivity contribution in [3.63, 3.8) is 0 Å². The van der Waals surface area contributed by atoms with Crippen LogP contribution >= 0.6 is 11.6 Å². The summed E-state index contributed by atoms with van der Waals surface area (Å²) < 4.78 is 59.4. The largest absolute Gasteiger partial charge is 0.413 e. The van der Waals surface area contributed by atoms with E-state index in [0.717, 1.165) is 6.07 Å². The molecule has 6 nitrogen and oxygen atoms in total. The van der Waals surface area contributed by atoms with E-state index in [1.165, 1.54) is 11.0 Å². The molecule has 0 atom stereocenters. The highest BCUT2D eigenvalue weighted by Gasteiger charge is 2.30. The number of rotatable bonds is 4. The van der Waals surface area contributed by atoms with E-state index in [1.807, 2.05) is 0 Å². The number of benzene rings is 1. The highest BCUT2D eigenvalue weighted by atomic mass is 35.5. The average molecular weight is 345 g/mol. The van der Waals surface area contributed by atoms with Crippen molar-refractivity contribution in [1.82, 2.24) is 4.89 Å². The van der Waals surface area contributed by atoms with Gasteiger partial charge < -0.3 is 5.32 Å². The zero-order chi connectivity index (χ0) is 15.8. The van der Waals surface area contributed by atoms with Crippen LogP contribution in [0.25, 0.3) is 0 Å². The summed E-state index contributed by atoms with van der Waals surface area (Å²) in [5, 5.41) is 2.21. The van der Waals surface area contributed by atoms with Crippen LogP contribution in [0.15, 0.2) is 17.0 Å². The minimum Gasteiger partial charge on any atom is -0.325 e. The van der Waals surface area contributed by atoms with Gasteiger partial charge in [-0.3, -0.25) is 9.63 Å². The molecule has 2 N–H and O–H groups in total. The van der Waals surface area contributed by atoms with E-state index >= 15 is 0 Å². The third kappa shape index (κ3) is 3.84. The van der Waals surface area contributed by atoms with Crippen LogP contribution in [0.1, 0.15) is 5.56 Å². The maximum Gasteiger partial charge on any atom is 0.413 e. The third-order valence-corrected chi connectivity index (χ3v) is 4.16. The van der Waals surface area contributed by atoms with Crippen molar-refractivity contribution in [3.05, 3.63) is 22.7 Å². The number of halogens is 4. The number of amides is 1. The first-order valence-electron chi connectivity index (χ1n) is 5.41. The van der Waals surface area contributed by atoms with Crippen molar-refractivity contribution in [3.8, 4) is 0 Å². The van der Waals surface area contributed by atoms with Crippen molar-refractivity contribution in [2.45, 2.75) is 17.5 Å². The molecular formula is C10H8ClF3N2O4S. The second-order valence-corrected chi connectivity index (χ2v) is 6.18. The molecule has 0 unspecified atom stereocenters. The average Bonchev–Trinajstić information content (AvgIpc) is 2.64. The lowest BCUT2D eigenvalue weighted by molar-refractivity contribution is -0.181. The lowest BCUT2D eigenvalue weighted by Crippen LogP contribution is -2.29. The standard InChI is InChI=1S/C10H8ClF3N2O4S/c11-6-3-7-5(2-9(17)15-7)1-8(6)21(18,19)16-20-4-10(12,13)14/h1,3,16H,2,4H2,(H,15,17). The smallest absolute Gasteiger partial charge is 0.325 e. The Hall–Kier alpha value is -1.36. The monoisotopic (exact) mass is 344 g/mol. The minimum atomic E-state index is -4.68. The summed E-state index contributed by atoms with van der Waals surface area (Å²) in [5.41, 5.74) is 0.737. The fourth-order valence-corrected chi connectivity index (χ4v) is 3.05. The van der Waals surface area contributed by atoms with Gasteiger partial charge in [-0.05, 0) is 17.7 Å². The minimum absolute atomic E-state index is 0.0432. The van der Waals surface area contributed by atoms with Crippen molar-refractivity contribution >= 4 is 33.2 Å². The van der Waals surface area contributed by atoms with Gasteiger partial charge in [-0.25, -0.2) is 8.42 Å². The van der Waals surface area contributed by atoms with Crippen LogP contribution in [-0.4, -0.2) is 27.1 Å². The number of carbonyl (C=O) groups is 1. The van der Waals surface area contributed by atoms with Gasteiger partial charge in [0.1, 0.15) is 4.90 Å². The van der Waals surface area contributed by atoms with Gasteiger partial charge in [0.15, 0.2) is 6.61 Å². The highest BCUT2D eigenvalue weighted by molar-refractivity contribution is 7.89. The van der Waals surface area contributed by atoms with Gasteiger partial charge in [0.2, 0.25) is 5.91 Å². The predicted octanol–water partition coefficient (Wildman–Crippen LogP) is 1.61. The van der Waals surface area contributed by atoms with Crippen molar-refractivity contribution < 1.29 is 31.2 Å². The Bertz CT molecular complexity index is 690. The number of sulfonamides is 1. The van der Waals surface area contributed by atoms with E-state index in [4.69, 9.17) is 11.6 Å². The lowest BCUT2D eigenvalue weighted by atomic mass is 10.2. The van der Waals surface area contributed by atoms with E-state index in [0.29, 0.717) is 11.3 Å². The number of anilines is 1. The first kappa shape index (κ1) is 16.0. The van der Waals surface area contributed by atoms with E-state index in [9.17, 15) is 26.4 Å². The van der Waals surface area contributed by atoms with Gasteiger partial charge in [0.25, 0.3) is 10.0 Å². The lowest BCUT2D eigenvalue weighted by Gasteiger charge is -2.11. The fraction of sp³-hybridized carbons (Fsp3) is 0.300. The quantitative estimate of drug-likeness (QED) is 0.813. The molecule has 1 aliphatic heterocycles. The third-order valence-electron chi connectivity index (χ3n) is 2.48. The van der Waals surface area contributed by atoms with Crippen molar-refractivity contribution in [2.75, 3.05) is 11.9 Å². The number of carbonyl (C=O) groups excluding carboxylic acids is 1. The van der Waals surface area contributed by atoms with Gasteiger partial charge in [0.05, 0.1) is 11.4 Å². The van der Waals surface area contributed by atoms with Crippen LogP contribution < -0.4 is 10.2 Å². The summed E-state index contributed by atoms with van der Waals surface area (Å²) in [6.07, 6.45) is -4.72. The molecule has 0 aliphatic carbocycles. The second kappa shape index (κ2) is 5.44. The number of alkyl halides is 3. The Morgan fingerprint density at radius 2 is 2.05 bits per heavy atom. The predicted molar refractivity (Wildman–Crippen MR) is 66.1 cm³/mol. The molecule has 116 valence electrons. The second-order valence-electron chi connectivity index (χ2n) is 4.16.